The van der Waals surface area contributed by atoms with Gasteiger partial charge in [0, 0.05) is 52.4 Å². The Morgan fingerprint density at radius 2 is 2.02 bits per heavy atom. The molecule has 0 aliphatic rings. The van der Waals surface area contributed by atoms with Gasteiger partial charge in [0.1, 0.15) is 11.9 Å². The number of nitrogens with one attached hydrogen (secondary N) is 3. The molecule has 0 unspecified atom stereocenters. The van der Waals surface area contributed by atoms with Crippen molar-refractivity contribution >= 4 is 40.2 Å². The molecule has 0 aliphatic carbocycles. The lowest BCUT2D eigenvalue weighted by atomic mass is 10.2. The normalized spacial score (nSPS) is 11.8. The summed E-state index contributed by atoms with van der Waals surface area (Å²) in [6.45, 7) is 2.78. The predicted octanol–water partition coefficient (Wildman–Crippen LogP) is 2.50. The van der Waals surface area contributed by atoms with Gasteiger partial charge in [0.15, 0.2) is 0 Å². The first-order chi connectivity index (χ1) is 19.1. The summed E-state index contributed by atoms with van der Waals surface area (Å²) < 4.78 is 15.5. The lowest BCUT2D eigenvalue weighted by molar-refractivity contribution is -0.135. The number of halogens is 1. The number of fused-ring (bicyclic) bond motifs is 1. The Morgan fingerprint density at radius 3 is 2.75 bits per heavy atom. The Labute approximate surface area is 233 Å². The minimum Gasteiger partial charge on any atom is -0.372 e. The number of benzene rings is 1. The summed E-state index contributed by atoms with van der Waals surface area (Å²) in [5, 5.41) is 13.2. The van der Waals surface area contributed by atoms with Gasteiger partial charge in [0.2, 0.25) is 23.7 Å². The lowest BCUT2D eigenvalue weighted by Crippen LogP contribution is -2.45. The second-order valence-electron chi connectivity index (χ2n) is 9.46. The molecule has 12 heteroatoms. The van der Waals surface area contributed by atoms with Gasteiger partial charge >= 0.3 is 0 Å². The summed E-state index contributed by atoms with van der Waals surface area (Å²) >= 11 is 0. The predicted molar refractivity (Wildman–Crippen MR) is 155 cm³/mol. The number of amides is 2. The number of aromatic nitrogens is 4. The van der Waals surface area contributed by atoms with E-state index in [-0.39, 0.29) is 11.8 Å². The van der Waals surface area contributed by atoms with Crippen LogP contribution in [0.5, 0.6) is 0 Å². The van der Waals surface area contributed by atoms with E-state index in [9.17, 15) is 14.0 Å². The van der Waals surface area contributed by atoms with Crippen molar-refractivity contribution in [2.75, 3.05) is 51.9 Å². The molecule has 11 nitrogen and oxygen atoms in total. The summed E-state index contributed by atoms with van der Waals surface area (Å²) in [6.07, 6.45) is 6.06. The van der Waals surface area contributed by atoms with Gasteiger partial charge < -0.3 is 25.8 Å². The molecule has 3 rings (SSSR count). The van der Waals surface area contributed by atoms with Crippen molar-refractivity contribution < 1.29 is 14.0 Å². The highest BCUT2D eigenvalue weighted by Crippen LogP contribution is 2.23. The largest absolute Gasteiger partial charge is 0.372 e. The van der Waals surface area contributed by atoms with Gasteiger partial charge in [-0.15, -0.1) is 5.10 Å². The topological polar surface area (TPSA) is 120 Å². The van der Waals surface area contributed by atoms with E-state index in [1.165, 1.54) is 15.7 Å². The summed E-state index contributed by atoms with van der Waals surface area (Å²) in [7, 11) is 8.87. The molecule has 0 bridgehead atoms. The van der Waals surface area contributed by atoms with Crippen LogP contribution in [0.4, 0.5) is 21.8 Å². The van der Waals surface area contributed by atoms with Gasteiger partial charge in [-0.25, -0.2) is 4.98 Å². The fourth-order valence-corrected chi connectivity index (χ4v) is 3.70. The molecule has 2 heterocycles. The third-order valence-corrected chi connectivity index (χ3v) is 6.13. The Balaban J connectivity index is 1.49. The Hall–Kier alpha value is -4.50. The van der Waals surface area contributed by atoms with Gasteiger partial charge in [-0.2, -0.15) is 9.37 Å². The molecular formula is C28H36FN9O2. The van der Waals surface area contributed by atoms with Crippen molar-refractivity contribution in [3.63, 3.8) is 0 Å². The third kappa shape index (κ3) is 8.00. The molecule has 0 saturated heterocycles. The molecule has 1 atom stereocenters. The number of nitrogens with zero attached hydrogens (tertiary/aromatic N) is 6. The molecule has 0 aliphatic heterocycles. The monoisotopic (exact) mass is 549 g/mol. The molecule has 0 radical (unpaired) electrons. The van der Waals surface area contributed by atoms with Crippen LogP contribution < -0.4 is 16.0 Å². The summed E-state index contributed by atoms with van der Waals surface area (Å²) in [6, 6.07) is 4.65. The van der Waals surface area contributed by atoms with Crippen molar-refractivity contribution in [3.8, 4) is 11.8 Å². The van der Waals surface area contributed by atoms with Gasteiger partial charge in [0.05, 0.1) is 22.7 Å². The number of likely N-dealkylation sites (N-methyl/N-ethyl adjacent to an activating group) is 2. The lowest BCUT2D eigenvalue weighted by Gasteiger charge is -2.23. The number of hydrogen-bond donors (Lipinski definition) is 3. The maximum atomic E-state index is 14.0. The summed E-state index contributed by atoms with van der Waals surface area (Å²) in [5.41, 5.74) is 1.94. The van der Waals surface area contributed by atoms with E-state index in [4.69, 9.17) is 0 Å². The third-order valence-electron chi connectivity index (χ3n) is 6.13. The molecule has 212 valence electrons. The van der Waals surface area contributed by atoms with Crippen molar-refractivity contribution in [1.82, 2.24) is 34.9 Å². The first kappa shape index (κ1) is 30.0. The minimum atomic E-state index is -0.588. The van der Waals surface area contributed by atoms with Crippen LogP contribution in [0.2, 0.25) is 0 Å². The Kier molecular flexibility index (Phi) is 10.6. The highest BCUT2D eigenvalue weighted by atomic mass is 19.1. The number of aryl methyl sites for hydroxylation is 1. The Morgan fingerprint density at radius 1 is 1.25 bits per heavy atom. The van der Waals surface area contributed by atoms with Gasteiger partial charge in [-0.1, -0.05) is 17.9 Å². The Bertz CT molecular complexity index is 1440. The van der Waals surface area contributed by atoms with Crippen molar-refractivity contribution in [1.29, 1.82) is 0 Å². The van der Waals surface area contributed by atoms with Crippen LogP contribution >= 0.6 is 0 Å². The fourth-order valence-electron chi connectivity index (χ4n) is 3.70. The maximum absolute atomic E-state index is 14.0. The van der Waals surface area contributed by atoms with Gasteiger partial charge in [-0.05, 0) is 45.6 Å². The van der Waals surface area contributed by atoms with E-state index in [0.29, 0.717) is 59.9 Å². The second-order valence-corrected chi connectivity index (χ2v) is 9.46. The zero-order valence-corrected chi connectivity index (χ0v) is 23.7. The van der Waals surface area contributed by atoms with Crippen LogP contribution in [0.15, 0.2) is 36.5 Å². The van der Waals surface area contributed by atoms with E-state index < -0.39 is 12.0 Å². The molecular weight excluding hydrogens is 513 g/mol. The number of unbranched alkanes of at least 4 members (excludes halogenated alkanes) is 1. The highest BCUT2D eigenvalue weighted by Gasteiger charge is 2.20. The highest BCUT2D eigenvalue weighted by molar-refractivity contribution is 5.92. The van der Waals surface area contributed by atoms with E-state index in [0.717, 1.165) is 0 Å². The number of carbonyl (C=O) groups is 2. The van der Waals surface area contributed by atoms with Crippen LogP contribution in [-0.2, 0) is 16.6 Å². The van der Waals surface area contributed by atoms with Gasteiger partial charge in [0.25, 0.3) is 0 Å². The molecule has 2 amide bonds. The standard InChI is InChI=1S/C28H36FN9O2/c1-19(37(5)24(39)12-10-16-36(3)4)27(40)31-15-9-7-8-11-20-18-32-28(34-26(20)30-2)33-21-13-14-23-22(17-21)25(29)35-38(23)6/h10,12-14,17-19H,7,9,15-16H2,1-6H3,(H,31,40)(H2,30,32,33,34)/b12-10+/t19-/m0/s1. The van der Waals surface area contributed by atoms with Crippen LogP contribution in [0.1, 0.15) is 25.3 Å². The summed E-state index contributed by atoms with van der Waals surface area (Å²) in [5.74, 6) is 6.05. The van der Waals surface area contributed by atoms with Crippen LogP contribution in [0.25, 0.3) is 10.9 Å². The molecule has 0 saturated carbocycles. The SMILES string of the molecule is CNc1nc(Nc2ccc3c(c2)c(F)nn3C)ncc1C#CCCCNC(=O)[C@H](C)N(C)C(=O)/C=C/CN(C)C. The number of rotatable bonds is 11. The molecule has 0 fully saturated rings. The first-order valence-corrected chi connectivity index (χ1v) is 12.9. The van der Waals surface area contributed by atoms with Gasteiger partial charge in [-0.3, -0.25) is 14.3 Å². The zero-order valence-electron chi connectivity index (χ0n) is 23.7. The van der Waals surface area contributed by atoms with Crippen molar-refractivity contribution in [3.05, 3.63) is 48.1 Å². The zero-order chi connectivity index (χ0) is 29.2. The molecule has 40 heavy (non-hydrogen) atoms. The van der Waals surface area contributed by atoms with E-state index in [1.54, 1.807) is 58.5 Å². The van der Waals surface area contributed by atoms with E-state index in [1.807, 2.05) is 19.0 Å². The number of carbonyl (C=O) groups excluding carboxylic acids is 2. The number of hydrogen-bond acceptors (Lipinski definition) is 8. The van der Waals surface area contributed by atoms with Crippen molar-refractivity contribution in [2.45, 2.75) is 25.8 Å². The maximum Gasteiger partial charge on any atom is 0.246 e. The van der Waals surface area contributed by atoms with Crippen LogP contribution in [0.3, 0.4) is 0 Å². The fraction of sp³-hybridized carbons (Fsp3) is 0.393. The second kappa shape index (κ2) is 14.0. The summed E-state index contributed by atoms with van der Waals surface area (Å²) in [4.78, 5) is 36.8. The molecule has 3 aromatic rings. The smallest absolute Gasteiger partial charge is 0.246 e. The first-order valence-electron chi connectivity index (χ1n) is 12.9. The van der Waals surface area contributed by atoms with E-state index >= 15 is 0 Å². The van der Waals surface area contributed by atoms with Crippen molar-refractivity contribution in [2.24, 2.45) is 7.05 Å². The molecule has 3 N–H and O–H groups in total. The average molecular weight is 550 g/mol. The van der Waals surface area contributed by atoms with Crippen LogP contribution in [0, 0.1) is 17.8 Å². The molecule has 1 aromatic carbocycles. The average Bonchev–Trinajstić information content (AvgIpc) is 3.21. The van der Waals surface area contributed by atoms with Crippen LogP contribution in [-0.4, -0.2) is 88.7 Å². The van der Waals surface area contributed by atoms with E-state index in [2.05, 4.69) is 42.9 Å². The molecule has 2 aromatic heterocycles. The quantitative estimate of drug-likeness (QED) is 0.190. The number of anilines is 3. The molecule has 0 spiro atoms. The minimum absolute atomic E-state index is 0.218.